The van der Waals surface area contributed by atoms with Crippen LogP contribution in [0.25, 0.3) is 0 Å². The Balaban J connectivity index is 0. The SMILES string of the molecule is BrCC[O][Zr]([O]CCBr)([O]CCBr)[O]CCBr.[Zr]. The van der Waals surface area contributed by atoms with E-state index in [1.807, 2.05) is 0 Å². The Morgan fingerprint density at radius 1 is 0.556 bits per heavy atom. The van der Waals surface area contributed by atoms with Crippen LogP contribution in [-0.2, 0) is 59.5 Å². The second kappa shape index (κ2) is 16.9. The molecule has 0 aliphatic rings. The van der Waals surface area contributed by atoms with E-state index in [0.717, 1.165) is 21.3 Å². The maximum absolute atomic E-state index is 5.72. The zero-order chi connectivity index (χ0) is 13.0. The summed E-state index contributed by atoms with van der Waals surface area (Å²) in [6.45, 7) is 2.12. The minimum atomic E-state index is -3.81. The van der Waals surface area contributed by atoms with Crippen molar-refractivity contribution in [2.24, 2.45) is 0 Å². The molecule has 0 rings (SSSR count). The van der Waals surface area contributed by atoms with E-state index in [0.29, 0.717) is 26.4 Å². The monoisotopic (exact) mass is 672 g/mol. The molecule has 0 aromatic carbocycles. The first kappa shape index (κ1) is 23.8. The summed E-state index contributed by atoms with van der Waals surface area (Å²) in [5.41, 5.74) is 0. The minimum absolute atomic E-state index is 0. The molecule has 4 nitrogen and oxygen atoms in total. The van der Waals surface area contributed by atoms with Crippen LogP contribution < -0.4 is 0 Å². The maximum Gasteiger partial charge on any atom is 0 e. The van der Waals surface area contributed by atoms with Crippen LogP contribution in [0.3, 0.4) is 0 Å². The summed E-state index contributed by atoms with van der Waals surface area (Å²) < 4.78 is 22.9. The number of halogens is 4. The van der Waals surface area contributed by atoms with E-state index in [-0.39, 0.29) is 26.2 Å². The van der Waals surface area contributed by atoms with Gasteiger partial charge in [0.25, 0.3) is 0 Å². The van der Waals surface area contributed by atoms with Gasteiger partial charge in [-0.15, -0.1) is 0 Å². The van der Waals surface area contributed by atoms with Crippen molar-refractivity contribution in [3.63, 3.8) is 0 Å². The third kappa shape index (κ3) is 12.1. The standard InChI is InChI=1S/4C2H4BrO.2Zr/c4*3-1-2-4;;/h4*1-2H2;;/q4*-1;;+4. The zero-order valence-electron chi connectivity index (χ0n) is 9.80. The van der Waals surface area contributed by atoms with E-state index >= 15 is 0 Å². The Kier molecular flexibility index (Phi) is 22.3. The smallest absolute Gasteiger partial charge is 0 e. The average molecular weight is 678 g/mol. The van der Waals surface area contributed by atoms with E-state index in [1.54, 1.807) is 0 Å². The Hall–Kier alpha value is 3.53. The maximum atomic E-state index is 5.72. The van der Waals surface area contributed by atoms with Gasteiger partial charge >= 0.3 is 145 Å². The molecule has 0 bridgehead atoms. The fourth-order valence-corrected chi connectivity index (χ4v) is 9.18. The van der Waals surface area contributed by atoms with Crippen LogP contribution in [0.5, 0.6) is 0 Å². The number of hydrogen-bond donors (Lipinski definition) is 0. The summed E-state index contributed by atoms with van der Waals surface area (Å²) in [6.07, 6.45) is 0. The molecule has 0 unspecified atom stereocenters. The van der Waals surface area contributed by atoms with Crippen LogP contribution in [-0.4, -0.2) is 47.7 Å². The number of hydrogen-bond acceptors (Lipinski definition) is 4. The molecule has 0 spiro atoms. The van der Waals surface area contributed by atoms with Crippen LogP contribution in [0.15, 0.2) is 0 Å². The Labute approximate surface area is 168 Å². The first-order valence-electron chi connectivity index (χ1n) is 5.04. The van der Waals surface area contributed by atoms with Gasteiger partial charge in [-0.3, -0.25) is 0 Å². The molecule has 0 amide bonds. The third-order valence-corrected chi connectivity index (χ3v) is 8.20. The van der Waals surface area contributed by atoms with E-state index < -0.39 is 22.0 Å². The Morgan fingerprint density at radius 3 is 0.944 bits per heavy atom. The van der Waals surface area contributed by atoms with Gasteiger partial charge in [0, 0.05) is 26.2 Å². The molecule has 18 heavy (non-hydrogen) atoms. The molecule has 0 saturated heterocycles. The summed E-state index contributed by atoms with van der Waals surface area (Å²) in [4.78, 5) is 0. The second-order valence-electron chi connectivity index (χ2n) is 2.65. The Bertz CT molecular complexity index is 144. The molecule has 0 atom stereocenters. The van der Waals surface area contributed by atoms with Gasteiger partial charge in [0.2, 0.25) is 0 Å². The summed E-state index contributed by atoms with van der Waals surface area (Å²) in [6, 6.07) is 0. The molecule has 0 heterocycles. The molecule has 108 valence electrons. The van der Waals surface area contributed by atoms with Gasteiger partial charge in [0.05, 0.1) is 0 Å². The summed E-state index contributed by atoms with van der Waals surface area (Å²) in [5.74, 6) is 0. The molecule has 0 aliphatic heterocycles. The summed E-state index contributed by atoms with van der Waals surface area (Å²) in [5, 5.41) is 2.94. The average Bonchev–Trinajstić information content (AvgIpc) is 2.37. The van der Waals surface area contributed by atoms with E-state index in [2.05, 4.69) is 63.7 Å². The van der Waals surface area contributed by atoms with E-state index in [4.69, 9.17) is 11.3 Å². The largest absolute Gasteiger partial charge is 0 e. The van der Waals surface area contributed by atoms with Crippen molar-refractivity contribution >= 4 is 63.7 Å². The number of alkyl halides is 4. The minimum Gasteiger partial charge on any atom is 0 e. The van der Waals surface area contributed by atoms with Gasteiger partial charge in [-0.1, -0.05) is 0 Å². The molecular formula is C8H16Br4O4Zr2. The normalized spacial score (nSPS) is 11.3. The van der Waals surface area contributed by atoms with Crippen molar-refractivity contribution in [2.45, 2.75) is 0 Å². The van der Waals surface area contributed by atoms with Crippen LogP contribution >= 0.6 is 63.7 Å². The van der Waals surface area contributed by atoms with Crippen molar-refractivity contribution in [3.8, 4) is 0 Å². The first-order chi connectivity index (χ1) is 8.24. The van der Waals surface area contributed by atoms with E-state index in [1.165, 1.54) is 0 Å². The fourth-order valence-electron chi connectivity index (χ4n) is 0.904. The molecule has 0 radical (unpaired) electrons. The van der Waals surface area contributed by atoms with Crippen molar-refractivity contribution in [1.82, 2.24) is 0 Å². The van der Waals surface area contributed by atoms with Crippen LogP contribution in [0.4, 0.5) is 0 Å². The predicted octanol–water partition coefficient (Wildman–Crippen LogP) is 3.44. The van der Waals surface area contributed by atoms with Gasteiger partial charge < -0.3 is 0 Å². The first-order valence-corrected chi connectivity index (χ1v) is 13.5. The molecule has 0 saturated carbocycles. The summed E-state index contributed by atoms with van der Waals surface area (Å²) in [7, 11) is 0. The molecule has 0 aromatic heterocycles. The molecule has 0 N–H and O–H groups in total. The van der Waals surface area contributed by atoms with Crippen LogP contribution in [0.2, 0.25) is 0 Å². The van der Waals surface area contributed by atoms with Crippen LogP contribution in [0.1, 0.15) is 0 Å². The van der Waals surface area contributed by atoms with Gasteiger partial charge in [0.1, 0.15) is 0 Å². The topological polar surface area (TPSA) is 36.9 Å². The second-order valence-corrected chi connectivity index (χ2v) is 11.1. The van der Waals surface area contributed by atoms with Crippen molar-refractivity contribution in [1.29, 1.82) is 0 Å². The molecule has 10 heteroatoms. The predicted molar refractivity (Wildman–Crippen MR) is 79.0 cm³/mol. The van der Waals surface area contributed by atoms with Gasteiger partial charge in [-0.2, -0.15) is 0 Å². The van der Waals surface area contributed by atoms with Crippen LogP contribution in [0, 0.1) is 0 Å². The van der Waals surface area contributed by atoms with Gasteiger partial charge in [-0.25, -0.2) is 0 Å². The molecule has 0 fully saturated rings. The quantitative estimate of drug-likeness (QED) is 0.297. The Morgan fingerprint density at radius 2 is 0.778 bits per heavy atom. The summed E-state index contributed by atoms with van der Waals surface area (Å²) >= 11 is 9.47. The van der Waals surface area contributed by atoms with Crippen molar-refractivity contribution in [3.05, 3.63) is 0 Å². The van der Waals surface area contributed by atoms with Crippen molar-refractivity contribution in [2.75, 3.05) is 47.7 Å². The van der Waals surface area contributed by atoms with E-state index in [9.17, 15) is 0 Å². The molecule has 0 aromatic rings. The third-order valence-electron chi connectivity index (χ3n) is 1.42. The zero-order valence-corrected chi connectivity index (χ0v) is 21.1. The molecule has 0 aliphatic carbocycles. The van der Waals surface area contributed by atoms with Gasteiger partial charge in [0.15, 0.2) is 0 Å². The molecular weight excluding hydrogens is 662 g/mol. The van der Waals surface area contributed by atoms with Gasteiger partial charge in [-0.05, 0) is 0 Å². The van der Waals surface area contributed by atoms with Crippen molar-refractivity contribution < 1.29 is 59.5 Å². The number of rotatable bonds is 12. The fraction of sp³-hybridized carbons (Fsp3) is 1.00.